The van der Waals surface area contributed by atoms with Crippen LogP contribution in [0.5, 0.6) is 0 Å². The highest BCUT2D eigenvalue weighted by molar-refractivity contribution is 7.99. The van der Waals surface area contributed by atoms with E-state index in [1.165, 1.54) is 23.9 Å². The third-order valence-electron chi connectivity index (χ3n) is 1.41. The zero-order valence-corrected chi connectivity index (χ0v) is 8.36. The summed E-state index contributed by atoms with van der Waals surface area (Å²) in [5.41, 5.74) is 0. The van der Waals surface area contributed by atoms with E-state index in [0.29, 0.717) is 4.90 Å². The van der Waals surface area contributed by atoms with Gasteiger partial charge in [0.1, 0.15) is 11.6 Å². The Morgan fingerprint density at radius 3 is 1.83 bits per heavy atom. The van der Waals surface area contributed by atoms with Crippen LogP contribution in [0.25, 0.3) is 0 Å². The molecule has 0 atom stereocenters. The maximum absolute atomic E-state index is 13.0. The highest BCUT2D eigenvalue weighted by atomic mass is 32.2. The van der Waals surface area contributed by atoms with E-state index < -0.39 is 11.6 Å². The number of rotatable bonds is 2. The van der Waals surface area contributed by atoms with E-state index in [1.54, 1.807) is 12.5 Å². The molecule has 12 heavy (non-hydrogen) atoms. The predicted octanol–water partition coefficient (Wildman–Crippen LogP) is 3.41. The van der Waals surface area contributed by atoms with E-state index >= 15 is 0 Å². The second kappa shape index (κ2) is 4.14. The van der Waals surface area contributed by atoms with Crippen molar-refractivity contribution in [2.75, 3.05) is 12.5 Å². The van der Waals surface area contributed by atoms with E-state index in [9.17, 15) is 8.78 Å². The molecule has 0 radical (unpaired) electrons. The summed E-state index contributed by atoms with van der Waals surface area (Å²) in [4.78, 5) is 0.704. The van der Waals surface area contributed by atoms with Crippen molar-refractivity contribution in [2.45, 2.75) is 9.79 Å². The van der Waals surface area contributed by atoms with Crippen LogP contribution in [0.15, 0.2) is 21.9 Å². The Morgan fingerprint density at radius 2 is 1.50 bits per heavy atom. The first-order valence-corrected chi connectivity index (χ1v) is 5.71. The molecule has 1 aromatic rings. The van der Waals surface area contributed by atoms with Crippen LogP contribution in [-0.4, -0.2) is 12.5 Å². The van der Waals surface area contributed by atoms with Gasteiger partial charge in [0.25, 0.3) is 0 Å². The lowest BCUT2D eigenvalue weighted by Crippen LogP contribution is -1.87. The molecule has 0 aliphatic carbocycles. The molecule has 0 saturated heterocycles. The minimum Gasteiger partial charge on any atom is -0.206 e. The molecule has 0 aliphatic rings. The molecular formula is C8H8F2S2. The largest absolute Gasteiger partial charge is 0.206 e. The van der Waals surface area contributed by atoms with E-state index in [0.717, 1.165) is 11.8 Å². The van der Waals surface area contributed by atoms with Crippen molar-refractivity contribution in [3.05, 3.63) is 23.8 Å². The van der Waals surface area contributed by atoms with E-state index in [1.807, 2.05) is 0 Å². The lowest BCUT2D eigenvalue weighted by molar-refractivity contribution is 0.535. The predicted molar refractivity (Wildman–Crippen MR) is 49.9 cm³/mol. The van der Waals surface area contributed by atoms with Gasteiger partial charge in [0, 0.05) is 4.90 Å². The normalized spacial score (nSPS) is 10.3. The van der Waals surface area contributed by atoms with Crippen LogP contribution in [0.4, 0.5) is 8.78 Å². The Labute approximate surface area is 78.7 Å². The summed E-state index contributed by atoms with van der Waals surface area (Å²) < 4.78 is 26.0. The number of hydrogen-bond acceptors (Lipinski definition) is 2. The lowest BCUT2D eigenvalue weighted by atomic mass is 10.3. The van der Waals surface area contributed by atoms with Crippen molar-refractivity contribution < 1.29 is 8.78 Å². The first kappa shape index (κ1) is 9.86. The van der Waals surface area contributed by atoms with Crippen molar-refractivity contribution in [3.8, 4) is 0 Å². The molecule has 0 amide bonds. The Hall–Kier alpha value is -0.220. The zero-order chi connectivity index (χ0) is 9.14. The maximum atomic E-state index is 13.0. The molecule has 0 nitrogen and oxygen atoms in total. The van der Waals surface area contributed by atoms with Crippen LogP contribution in [0.3, 0.4) is 0 Å². The number of benzene rings is 1. The molecule has 1 aromatic carbocycles. The van der Waals surface area contributed by atoms with Crippen LogP contribution in [0.1, 0.15) is 0 Å². The number of thioether (sulfide) groups is 2. The van der Waals surface area contributed by atoms with Gasteiger partial charge in [0.05, 0.1) is 4.90 Å². The second-order valence-corrected chi connectivity index (χ2v) is 3.82. The van der Waals surface area contributed by atoms with E-state index in [4.69, 9.17) is 0 Å². The first-order chi connectivity index (χ1) is 5.69. The highest BCUT2D eigenvalue weighted by Crippen LogP contribution is 2.27. The molecule has 0 fully saturated rings. The topological polar surface area (TPSA) is 0 Å². The van der Waals surface area contributed by atoms with Gasteiger partial charge < -0.3 is 0 Å². The first-order valence-electron chi connectivity index (χ1n) is 3.26. The molecule has 0 heterocycles. The van der Waals surface area contributed by atoms with Crippen LogP contribution < -0.4 is 0 Å². The van der Waals surface area contributed by atoms with Crippen LogP contribution in [0, 0.1) is 11.6 Å². The number of hydrogen-bond donors (Lipinski definition) is 0. The molecule has 0 unspecified atom stereocenters. The molecule has 66 valence electrons. The summed E-state index contributed by atoms with van der Waals surface area (Å²) in [6.07, 6.45) is 3.44. The van der Waals surface area contributed by atoms with Crippen molar-refractivity contribution in [1.82, 2.24) is 0 Å². The molecule has 0 spiro atoms. The Morgan fingerprint density at radius 1 is 1.00 bits per heavy atom. The molecular weight excluding hydrogens is 198 g/mol. The fraction of sp³-hybridized carbons (Fsp3) is 0.250. The third-order valence-corrected chi connectivity index (χ3v) is 2.92. The van der Waals surface area contributed by atoms with Gasteiger partial charge in [-0.1, -0.05) is 0 Å². The Bertz CT molecular complexity index is 263. The highest BCUT2D eigenvalue weighted by Gasteiger charge is 2.08. The zero-order valence-electron chi connectivity index (χ0n) is 6.73. The molecule has 0 bridgehead atoms. The lowest BCUT2D eigenvalue weighted by Gasteiger charge is -2.02. The minimum absolute atomic E-state index is 0.0906. The SMILES string of the molecule is CSc1cc(F)c(SC)c(F)c1. The van der Waals surface area contributed by atoms with Crippen molar-refractivity contribution >= 4 is 23.5 Å². The summed E-state index contributed by atoms with van der Waals surface area (Å²) in [5, 5.41) is 0. The monoisotopic (exact) mass is 206 g/mol. The molecule has 0 saturated carbocycles. The van der Waals surface area contributed by atoms with Gasteiger partial charge >= 0.3 is 0 Å². The molecule has 1 rings (SSSR count). The molecule has 0 aliphatic heterocycles. The van der Waals surface area contributed by atoms with Gasteiger partial charge in [-0.25, -0.2) is 8.78 Å². The van der Waals surface area contributed by atoms with E-state index in [-0.39, 0.29) is 4.90 Å². The maximum Gasteiger partial charge on any atom is 0.140 e. The fourth-order valence-electron chi connectivity index (χ4n) is 0.849. The van der Waals surface area contributed by atoms with Gasteiger partial charge in [-0.3, -0.25) is 0 Å². The Balaban J connectivity index is 3.18. The second-order valence-electron chi connectivity index (χ2n) is 2.12. The van der Waals surface area contributed by atoms with Gasteiger partial charge in [-0.05, 0) is 24.6 Å². The minimum atomic E-state index is -0.480. The van der Waals surface area contributed by atoms with E-state index in [2.05, 4.69) is 0 Å². The number of halogens is 2. The molecule has 0 N–H and O–H groups in total. The quantitative estimate of drug-likeness (QED) is 0.680. The van der Waals surface area contributed by atoms with Crippen molar-refractivity contribution in [3.63, 3.8) is 0 Å². The average Bonchev–Trinajstić information content (AvgIpc) is 2.03. The smallest absolute Gasteiger partial charge is 0.140 e. The van der Waals surface area contributed by atoms with Crippen molar-refractivity contribution in [1.29, 1.82) is 0 Å². The summed E-state index contributed by atoms with van der Waals surface area (Å²) >= 11 is 2.41. The summed E-state index contributed by atoms with van der Waals surface area (Å²) in [6.45, 7) is 0. The van der Waals surface area contributed by atoms with Gasteiger partial charge in [-0.2, -0.15) is 0 Å². The average molecular weight is 206 g/mol. The van der Waals surface area contributed by atoms with Gasteiger partial charge in [0.15, 0.2) is 0 Å². The summed E-state index contributed by atoms with van der Waals surface area (Å²) in [5.74, 6) is -0.960. The third kappa shape index (κ3) is 1.93. The standard InChI is InChI=1S/C8H8F2S2/c1-11-5-3-6(9)8(12-2)7(10)4-5/h3-4H,1-2H3. The van der Waals surface area contributed by atoms with Crippen molar-refractivity contribution in [2.24, 2.45) is 0 Å². The van der Waals surface area contributed by atoms with Gasteiger partial charge in [-0.15, -0.1) is 23.5 Å². The summed E-state index contributed by atoms with van der Waals surface area (Å²) in [6, 6.07) is 2.69. The van der Waals surface area contributed by atoms with Crippen LogP contribution in [0.2, 0.25) is 0 Å². The van der Waals surface area contributed by atoms with Gasteiger partial charge in [0.2, 0.25) is 0 Å². The Kier molecular flexibility index (Phi) is 3.40. The summed E-state index contributed by atoms with van der Waals surface area (Å²) in [7, 11) is 0. The fourth-order valence-corrected chi connectivity index (χ4v) is 1.80. The van der Waals surface area contributed by atoms with Crippen LogP contribution in [-0.2, 0) is 0 Å². The molecule has 0 aromatic heterocycles. The van der Waals surface area contributed by atoms with Crippen LogP contribution >= 0.6 is 23.5 Å². The molecule has 4 heteroatoms.